The first kappa shape index (κ1) is 17.7. The molecule has 1 aromatic heterocycles. The summed E-state index contributed by atoms with van der Waals surface area (Å²) in [6.45, 7) is 4.85. The standard InChI is InChI=1S/C20H26N2O3/c1-14-19(21-15(2)25-14)20(24)22-12-10-17(11-13-22)18(23)9-8-16-6-4-3-5-7-16/h3-7,17-18,23H,8-13H2,1-2H3/t18-/m1/s1. The molecule has 1 aromatic carbocycles. The highest BCUT2D eigenvalue weighted by Crippen LogP contribution is 2.25. The van der Waals surface area contributed by atoms with Crippen molar-refractivity contribution in [2.45, 2.75) is 45.6 Å². The van der Waals surface area contributed by atoms with Gasteiger partial charge in [0.15, 0.2) is 11.6 Å². The highest BCUT2D eigenvalue weighted by molar-refractivity contribution is 5.93. The molecule has 5 heteroatoms. The molecule has 0 radical (unpaired) electrons. The maximum atomic E-state index is 12.6. The third-order valence-corrected chi connectivity index (χ3v) is 5.05. The Balaban J connectivity index is 1.49. The molecule has 0 aliphatic carbocycles. The van der Waals surface area contributed by atoms with Crippen molar-refractivity contribution in [2.24, 2.45) is 5.92 Å². The van der Waals surface area contributed by atoms with Crippen LogP contribution in [0.15, 0.2) is 34.7 Å². The lowest BCUT2D eigenvalue weighted by atomic mass is 9.88. The lowest BCUT2D eigenvalue weighted by molar-refractivity contribution is 0.0433. The number of benzene rings is 1. The third kappa shape index (κ3) is 4.28. The van der Waals surface area contributed by atoms with Crippen LogP contribution in [0.2, 0.25) is 0 Å². The Kier molecular flexibility index (Phi) is 5.53. The largest absolute Gasteiger partial charge is 0.445 e. The molecule has 1 atom stereocenters. The number of hydrogen-bond donors (Lipinski definition) is 1. The van der Waals surface area contributed by atoms with Crippen molar-refractivity contribution in [2.75, 3.05) is 13.1 Å². The molecule has 0 saturated carbocycles. The lowest BCUT2D eigenvalue weighted by Crippen LogP contribution is -2.41. The van der Waals surface area contributed by atoms with E-state index in [1.54, 1.807) is 13.8 Å². The van der Waals surface area contributed by atoms with Crippen LogP contribution >= 0.6 is 0 Å². The van der Waals surface area contributed by atoms with Gasteiger partial charge in [-0.15, -0.1) is 0 Å². The topological polar surface area (TPSA) is 66.6 Å². The van der Waals surface area contributed by atoms with Gasteiger partial charge >= 0.3 is 0 Å². The van der Waals surface area contributed by atoms with E-state index in [1.807, 2.05) is 23.1 Å². The van der Waals surface area contributed by atoms with Crippen LogP contribution in [-0.2, 0) is 6.42 Å². The van der Waals surface area contributed by atoms with E-state index in [0.29, 0.717) is 30.4 Å². The number of aliphatic hydroxyl groups excluding tert-OH is 1. The summed E-state index contributed by atoms with van der Waals surface area (Å²) < 4.78 is 5.36. The first-order chi connectivity index (χ1) is 12.0. The number of carbonyl (C=O) groups is 1. The van der Waals surface area contributed by atoms with Crippen molar-refractivity contribution in [1.29, 1.82) is 0 Å². The predicted octanol–water partition coefficient (Wildman–Crippen LogP) is 3.14. The zero-order chi connectivity index (χ0) is 17.8. The molecule has 2 aromatic rings. The molecule has 134 valence electrons. The van der Waals surface area contributed by atoms with E-state index in [2.05, 4.69) is 17.1 Å². The molecule has 1 N–H and O–H groups in total. The zero-order valence-corrected chi connectivity index (χ0v) is 14.9. The van der Waals surface area contributed by atoms with Crippen LogP contribution in [0.5, 0.6) is 0 Å². The number of aliphatic hydroxyl groups is 1. The number of oxazole rings is 1. The fraction of sp³-hybridized carbons (Fsp3) is 0.500. The molecule has 0 bridgehead atoms. The van der Waals surface area contributed by atoms with Crippen molar-refractivity contribution >= 4 is 5.91 Å². The van der Waals surface area contributed by atoms with Crippen molar-refractivity contribution in [1.82, 2.24) is 9.88 Å². The Morgan fingerprint density at radius 1 is 1.28 bits per heavy atom. The molecule has 1 aliphatic heterocycles. The maximum Gasteiger partial charge on any atom is 0.276 e. The Morgan fingerprint density at radius 3 is 2.56 bits per heavy atom. The second-order valence-corrected chi connectivity index (χ2v) is 6.86. The number of likely N-dealkylation sites (tertiary alicyclic amines) is 1. The van der Waals surface area contributed by atoms with Crippen molar-refractivity contribution < 1.29 is 14.3 Å². The molecule has 25 heavy (non-hydrogen) atoms. The number of amides is 1. The molecular weight excluding hydrogens is 316 g/mol. The van der Waals surface area contributed by atoms with Crippen LogP contribution in [0.25, 0.3) is 0 Å². The minimum Gasteiger partial charge on any atom is -0.445 e. The average Bonchev–Trinajstić information content (AvgIpc) is 2.98. The Hall–Kier alpha value is -2.14. The van der Waals surface area contributed by atoms with E-state index < -0.39 is 0 Å². The fourth-order valence-corrected chi connectivity index (χ4v) is 3.56. The van der Waals surface area contributed by atoms with E-state index >= 15 is 0 Å². The molecular formula is C20H26N2O3. The Morgan fingerprint density at radius 2 is 1.96 bits per heavy atom. The summed E-state index contributed by atoms with van der Waals surface area (Å²) in [5, 5.41) is 10.5. The minimum absolute atomic E-state index is 0.0634. The first-order valence-electron chi connectivity index (χ1n) is 9.00. The third-order valence-electron chi connectivity index (χ3n) is 5.05. The van der Waals surface area contributed by atoms with Gasteiger partial charge in [0.2, 0.25) is 0 Å². The summed E-state index contributed by atoms with van der Waals surface area (Å²) in [5.74, 6) is 1.29. The van der Waals surface area contributed by atoms with E-state index in [-0.39, 0.29) is 17.9 Å². The van der Waals surface area contributed by atoms with Gasteiger partial charge in [-0.3, -0.25) is 4.79 Å². The second-order valence-electron chi connectivity index (χ2n) is 6.86. The van der Waals surface area contributed by atoms with Crippen LogP contribution in [0, 0.1) is 19.8 Å². The first-order valence-corrected chi connectivity index (χ1v) is 9.00. The molecule has 1 amide bonds. The number of nitrogens with zero attached hydrogens (tertiary/aromatic N) is 2. The quantitative estimate of drug-likeness (QED) is 0.906. The highest BCUT2D eigenvalue weighted by atomic mass is 16.4. The van der Waals surface area contributed by atoms with Gasteiger partial charge in [0, 0.05) is 20.0 Å². The van der Waals surface area contributed by atoms with Crippen LogP contribution in [0.3, 0.4) is 0 Å². The molecule has 2 heterocycles. The number of hydrogen-bond acceptors (Lipinski definition) is 4. The smallest absolute Gasteiger partial charge is 0.276 e. The van der Waals surface area contributed by atoms with Crippen molar-refractivity contribution in [3.8, 4) is 0 Å². The van der Waals surface area contributed by atoms with Crippen LogP contribution in [0.1, 0.15) is 47.0 Å². The van der Waals surface area contributed by atoms with Gasteiger partial charge in [0.05, 0.1) is 6.10 Å². The molecule has 1 fully saturated rings. The predicted molar refractivity (Wildman–Crippen MR) is 95.4 cm³/mol. The number of aromatic nitrogens is 1. The molecule has 0 unspecified atom stereocenters. The van der Waals surface area contributed by atoms with E-state index in [0.717, 1.165) is 25.7 Å². The Bertz CT molecular complexity index is 703. The monoisotopic (exact) mass is 342 g/mol. The highest BCUT2D eigenvalue weighted by Gasteiger charge is 2.29. The summed E-state index contributed by atoms with van der Waals surface area (Å²) in [7, 11) is 0. The van der Waals surface area contributed by atoms with Crippen LogP contribution in [-0.4, -0.2) is 40.1 Å². The zero-order valence-electron chi connectivity index (χ0n) is 14.9. The van der Waals surface area contributed by atoms with Gasteiger partial charge in [-0.2, -0.15) is 0 Å². The van der Waals surface area contributed by atoms with Gasteiger partial charge < -0.3 is 14.4 Å². The number of carbonyl (C=O) groups excluding carboxylic acids is 1. The van der Waals surface area contributed by atoms with Gasteiger partial charge in [-0.1, -0.05) is 30.3 Å². The van der Waals surface area contributed by atoms with Gasteiger partial charge in [0.25, 0.3) is 5.91 Å². The number of aryl methyl sites for hydroxylation is 3. The lowest BCUT2D eigenvalue weighted by Gasteiger charge is -2.34. The molecule has 0 spiro atoms. The summed E-state index contributed by atoms with van der Waals surface area (Å²) in [6, 6.07) is 10.2. The second kappa shape index (κ2) is 7.83. The number of rotatable bonds is 5. The van der Waals surface area contributed by atoms with Crippen molar-refractivity contribution in [3.63, 3.8) is 0 Å². The van der Waals surface area contributed by atoms with Crippen LogP contribution in [0.4, 0.5) is 0 Å². The fourth-order valence-electron chi connectivity index (χ4n) is 3.56. The minimum atomic E-state index is -0.312. The van der Waals surface area contributed by atoms with E-state index in [1.165, 1.54) is 5.56 Å². The van der Waals surface area contributed by atoms with E-state index in [9.17, 15) is 9.90 Å². The summed E-state index contributed by atoms with van der Waals surface area (Å²) in [4.78, 5) is 18.6. The van der Waals surface area contributed by atoms with Gasteiger partial charge in [-0.25, -0.2) is 4.98 Å². The normalized spacial score (nSPS) is 16.8. The van der Waals surface area contributed by atoms with Gasteiger partial charge in [-0.05, 0) is 44.1 Å². The number of piperidine rings is 1. The average molecular weight is 342 g/mol. The van der Waals surface area contributed by atoms with Crippen LogP contribution < -0.4 is 0 Å². The summed E-state index contributed by atoms with van der Waals surface area (Å²) in [5.41, 5.74) is 1.67. The van der Waals surface area contributed by atoms with E-state index in [4.69, 9.17) is 4.42 Å². The summed E-state index contributed by atoms with van der Waals surface area (Å²) in [6.07, 6.45) is 3.01. The van der Waals surface area contributed by atoms with Crippen molar-refractivity contribution in [3.05, 3.63) is 53.2 Å². The molecule has 3 rings (SSSR count). The Labute approximate surface area is 148 Å². The molecule has 1 aliphatic rings. The maximum absolute atomic E-state index is 12.6. The van der Waals surface area contributed by atoms with Gasteiger partial charge in [0.1, 0.15) is 5.76 Å². The molecule has 1 saturated heterocycles. The molecule has 5 nitrogen and oxygen atoms in total. The SMILES string of the molecule is Cc1nc(C(=O)N2CCC([C@H](O)CCc3ccccc3)CC2)c(C)o1. The summed E-state index contributed by atoms with van der Waals surface area (Å²) >= 11 is 0.